The number of amides is 1. The van der Waals surface area contributed by atoms with Crippen molar-refractivity contribution >= 4 is 11.6 Å². The fourth-order valence-corrected chi connectivity index (χ4v) is 2.13. The van der Waals surface area contributed by atoms with Crippen LogP contribution in [0.3, 0.4) is 0 Å². The van der Waals surface area contributed by atoms with Crippen LogP contribution in [0, 0.1) is 5.82 Å². The van der Waals surface area contributed by atoms with Crippen LogP contribution in [0.4, 0.5) is 10.1 Å². The maximum Gasteiger partial charge on any atom is 0.253 e. The Bertz CT molecular complexity index is 434. The van der Waals surface area contributed by atoms with Crippen molar-refractivity contribution in [3.8, 4) is 0 Å². The molecular weight excluding hydrogens is 255 g/mol. The van der Waals surface area contributed by atoms with Gasteiger partial charge in [-0.2, -0.15) is 0 Å². The van der Waals surface area contributed by atoms with E-state index in [0.717, 1.165) is 25.7 Å². The Morgan fingerprint density at radius 3 is 2.60 bits per heavy atom. The molecule has 0 bridgehead atoms. The molecule has 4 heteroatoms. The van der Waals surface area contributed by atoms with E-state index in [1.165, 1.54) is 6.07 Å². The lowest BCUT2D eigenvalue weighted by Crippen LogP contribution is -2.34. The second-order valence-corrected chi connectivity index (χ2v) is 4.96. The van der Waals surface area contributed by atoms with Gasteiger partial charge in [0.15, 0.2) is 0 Å². The average Bonchev–Trinajstić information content (AvgIpc) is 2.45. The summed E-state index contributed by atoms with van der Waals surface area (Å²) in [6.07, 6.45) is 3.72. The summed E-state index contributed by atoms with van der Waals surface area (Å²) in [5.74, 6) is -0.585. The van der Waals surface area contributed by atoms with Gasteiger partial charge >= 0.3 is 0 Å². The number of anilines is 1. The lowest BCUT2D eigenvalue weighted by atomic mass is 10.1. The van der Waals surface area contributed by atoms with Crippen LogP contribution < -0.4 is 10.6 Å². The molecule has 0 fully saturated rings. The number of hydrogen-bond donors (Lipinski definition) is 2. The minimum atomic E-state index is -0.380. The zero-order valence-electron chi connectivity index (χ0n) is 12.6. The molecule has 0 spiro atoms. The summed E-state index contributed by atoms with van der Waals surface area (Å²) in [6, 6.07) is 4.75. The third-order valence-electron chi connectivity index (χ3n) is 3.28. The minimum Gasteiger partial charge on any atom is -0.382 e. The molecule has 0 heterocycles. The predicted octanol–water partition coefficient (Wildman–Crippen LogP) is 3.96. The zero-order valence-corrected chi connectivity index (χ0v) is 12.6. The second kappa shape index (κ2) is 8.56. The van der Waals surface area contributed by atoms with Crippen LogP contribution in [0.25, 0.3) is 0 Å². The van der Waals surface area contributed by atoms with Crippen LogP contribution in [0.5, 0.6) is 0 Å². The van der Waals surface area contributed by atoms with Crippen molar-refractivity contribution in [3.05, 3.63) is 29.6 Å². The smallest absolute Gasteiger partial charge is 0.253 e. The summed E-state index contributed by atoms with van der Waals surface area (Å²) in [7, 11) is 0. The van der Waals surface area contributed by atoms with E-state index in [4.69, 9.17) is 0 Å². The molecule has 1 aromatic rings. The number of rotatable bonds is 8. The Balaban J connectivity index is 2.88. The van der Waals surface area contributed by atoms with Gasteiger partial charge in [0.2, 0.25) is 0 Å². The van der Waals surface area contributed by atoms with Crippen LogP contribution in [-0.4, -0.2) is 18.5 Å². The Kier molecular flexibility index (Phi) is 7.05. The first-order chi connectivity index (χ1) is 9.63. The van der Waals surface area contributed by atoms with E-state index in [1.807, 2.05) is 13.8 Å². The van der Waals surface area contributed by atoms with Gasteiger partial charge in [-0.1, -0.05) is 33.3 Å². The number of hydrogen-bond acceptors (Lipinski definition) is 2. The molecule has 20 heavy (non-hydrogen) atoms. The molecule has 0 aliphatic carbocycles. The van der Waals surface area contributed by atoms with Crippen molar-refractivity contribution < 1.29 is 9.18 Å². The fourth-order valence-electron chi connectivity index (χ4n) is 2.13. The third-order valence-corrected chi connectivity index (χ3v) is 3.28. The van der Waals surface area contributed by atoms with Crippen LogP contribution in [0.15, 0.2) is 18.2 Å². The molecule has 2 N–H and O–H groups in total. The molecule has 3 nitrogen and oxygen atoms in total. The van der Waals surface area contributed by atoms with Gasteiger partial charge in [-0.3, -0.25) is 4.79 Å². The van der Waals surface area contributed by atoms with Crippen molar-refractivity contribution in [2.75, 3.05) is 11.9 Å². The summed E-state index contributed by atoms with van der Waals surface area (Å²) in [4.78, 5) is 12.3. The quantitative estimate of drug-likeness (QED) is 0.757. The summed E-state index contributed by atoms with van der Waals surface area (Å²) in [6.45, 7) is 6.78. The first kappa shape index (κ1) is 16.5. The molecule has 112 valence electrons. The van der Waals surface area contributed by atoms with Crippen LogP contribution >= 0.6 is 0 Å². The normalized spacial score (nSPS) is 12.0. The minimum absolute atomic E-state index is 0.148. The molecule has 1 aromatic carbocycles. The lowest BCUT2D eigenvalue weighted by molar-refractivity contribution is 0.0934. The Morgan fingerprint density at radius 1 is 1.25 bits per heavy atom. The highest BCUT2D eigenvalue weighted by Crippen LogP contribution is 2.20. The van der Waals surface area contributed by atoms with E-state index in [1.54, 1.807) is 12.1 Å². The van der Waals surface area contributed by atoms with Crippen molar-refractivity contribution in [1.29, 1.82) is 0 Å². The van der Waals surface area contributed by atoms with Crippen molar-refractivity contribution in [2.24, 2.45) is 0 Å². The molecule has 1 amide bonds. The van der Waals surface area contributed by atoms with E-state index < -0.39 is 0 Å². The van der Waals surface area contributed by atoms with E-state index in [9.17, 15) is 9.18 Å². The average molecular weight is 280 g/mol. The molecule has 1 unspecified atom stereocenters. The van der Waals surface area contributed by atoms with Gasteiger partial charge in [0.25, 0.3) is 5.91 Å². The maximum atomic E-state index is 13.9. The topological polar surface area (TPSA) is 41.1 Å². The number of carbonyl (C=O) groups is 1. The van der Waals surface area contributed by atoms with E-state index in [0.29, 0.717) is 17.8 Å². The van der Waals surface area contributed by atoms with Gasteiger partial charge in [-0.15, -0.1) is 0 Å². The predicted molar refractivity (Wildman–Crippen MR) is 81.6 cm³/mol. The standard InChI is InChI=1S/C16H25FN2O/c1-4-8-12(6-3)19-16(20)13-9-7-10-14(17)15(13)18-11-5-2/h7,9-10,12,18H,4-6,8,11H2,1-3H3,(H,19,20). The first-order valence-electron chi connectivity index (χ1n) is 7.47. The van der Waals surface area contributed by atoms with Crippen LogP contribution in [-0.2, 0) is 0 Å². The second-order valence-electron chi connectivity index (χ2n) is 4.96. The van der Waals surface area contributed by atoms with Crippen LogP contribution in [0.1, 0.15) is 56.8 Å². The largest absolute Gasteiger partial charge is 0.382 e. The van der Waals surface area contributed by atoms with Gasteiger partial charge in [0.1, 0.15) is 5.82 Å². The van der Waals surface area contributed by atoms with E-state index >= 15 is 0 Å². The molecule has 0 saturated carbocycles. The van der Waals surface area contributed by atoms with Crippen molar-refractivity contribution in [3.63, 3.8) is 0 Å². The molecular formula is C16H25FN2O. The third kappa shape index (κ3) is 4.51. The molecule has 1 rings (SSSR count). The lowest BCUT2D eigenvalue weighted by Gasteiger charge is -2.18. The number of carbonyl (C=O) groups excluding carboxylic acids is 1. The van der Waals surface area contributed by atoms with Gasteiger partial charge in [-0.25, -0.2) is 4.39 Å². The SMILES string of the molecule is CCCNc1c(F)cccc1C(=O)NC(CC)CCC. The highest BCUT2D eigenvalue weighted by Gasteiger charge is 2.17. The van der Waals surface area contributed by atoms with Crippen LogP contribution in [0.2, 0.25) is 0 Å². The number of halogens is 1. The Morgan fingerprint density at radius 2 is 2.00 bits per heavy atom. The number of benzene rings is 1. The number of para-hydroxylation sites is 1. The van der Waals surface area contributed by atoms with E-state index in [-0.39, 0.29) is 17.8 Å². The van der Waals surface area contributed by atoms with Gasteiger partial charge in [0, 0.05) is 12.6 Å². The maximum absolute atomic E-state index is 13.9. The molecule has 0 aliphatic heterocycles. The van der Waals surface area contributed by atoms with Gasteiger partial charge in [0.05, 0.1) is 11.3 Å². The summed E-state index contributed by atoms with van der Waals surface area (Å²) >= 11 is 0. The number of nitrogens with one attached hydrogen (secondary N) is 2. The Hall–Kier alpha value is -1.58. The molecule has 0 saturated heterocycles. The van der Waals surface area contributed by atoms with E-state index in [2.05, 4.69) is 17.6 Å². The zero-order chi connectivity index (χ0) is 15.0. The van der Waals surface area contributed by atoms with Crippen molar-refractivity contribution in [2.45, 2.75) is 52.5 Å². The molecule has 0 radical (unpaired) electrons. The first-order valence-corrected chi connectivity index (χ1v) is 7.47. The highest BCUT2D eigenvalue weighted by atomic mass is 19.1. The van der Waals surface area contributed by atoms with Gasteiger partial charge in [-0.05, 0) is 31.4 Å². The molecule has 1 atom stereocenters. The van der Waals surface area contributed by atoms with Gasteiger partial charge < -0.3 is 10.6 Å². The fraction of sp³-hybridized carbons (Fsp3) is 0.562. The highest BCUT2D eigenvalue weighted by molar-refractivity contribution is 5.99. The Labute approximate surface area is 121 Å². The molecule has 0 aromatic heterocycles. The summed E-state index contributed by atoms with van der Waals surface area (Å²) in [5, 5.41) is 5.98. The monoisotopic (exact) mass is 280 g/mol. The summed E-state index contributed by atoms with van der Waals surface area (Å²) in [5.41, 5.74) is 0.686. The summed E-state index contributed by atoms with van der Waals surface area (Å²) < 4.78 is 13.9. The van der Waals surface area contributed by atoms with Crippen molar-refractivity contribution in [1.82, 2.24) is 5.32 Å². The molecule has 0 aliphatic rings.